The van der Waals surface area contributed by atoms with Gasteiger partial charge >= 0.3 is 0 Å². The topological polar surface area (TPSA) is 29.5 Å². The van der Waals surface area contributed by atoms with Crippen molar-refractivity contribution in [2.24, 2.45) is 5.92 Å². The molecular formula is C25H38O2. The van der Waals surface area contributed by atoms with Gasteiger partial charge in [-0.25, -0.2) is 0 Å². The third-order valence-electron chi connectivity index (χ3n) is 6.94. The molecule has 0 spiro atoms. The molecule has 2 nitrogen and oxygen atoms in total. The minimum absolute atomic E-state index is 0.0486. The molecular weight excluding hydrogens is 332 g/mol. The van der Waals surface area contributed by atoms with E-state index in [0.717, 1.165) is 30.6 Å². The number of ether oxygens (including phenoxy) is 1. The van der Waals surface area contributed by atoms with Crippen molar-refractivity contribution >= 4 is 0 Å². The number of rotatable bonds is 6. The molecule has 1 heterocycles. The van der Waals surface area contributed by atoms with Gasteiger partial charge in [-0.15, -0.1) is 0 Å². The van der Waals surface area contributed by atoms with Crippen LogP contribution in [0.25, 0.3) is 0 Å². The summed E-state index contributed by atoms with van der Waals surface area (Å²) in [6.45, 7) is 13.5. The predicted octanol–water partition coefficient (Wildman–Crippen LogP) is 7.25. The standard InChI is InChI=1S/C25H38O2/c1-7-8-9-10-13-24(3,4)18-15-21(26)23-19-14-17(2)11-12-20(19)25(5,6)27-22(23)16-18/h11,15-16,19-20,26H,7-10,12-14H2,1-6H3/t19-,20+/m1/s1. The lowest BCUT2D eigenvalue weighted by atomic mass is 9.66. The molecule has 27 heavy (non-hydrogen) atoms. The Morgan fingerprint density at radius 2 is 1.93 bits per heavy atom. The molecule has 0 aromatic heterocycles. The molecule has 1 aliphatic carbocycles. The van der Waals surface area contributed by atoms with Gasteiger partial charge in [-0.2, -0.15) is 0 Å². The fraction of sp³-hybridized carbons (Fsp3) is 0.680. The fourth-order valence-corrected chi connectivity index (χ4v) is 5.09. The van der Waals surface area contributed by atoms with E-state index in [9.17, 15) is 5.11 Å². The predicted molar refractivity (Wildman–Crippen MR) is 114 cm³/mol. The maximum absolute atomic E-state index is 11.0. The van der Waals surface area contributed by atoms with E-state index in [0.29, 0.717) is 17.6 Å². The molecule has 1 aliphatic heterocycles. The van der Waals surface area contributed by atoms with Crippen molar-refractivity contribution in [3.8, 4) is 11.5 Å². The molecule has 150 valence electrons. The van der Waals surface area contributed by atoms with Crippen molar-refractivity contribution < 1.29 is 9.84 Å². The quantitative estimate of drug-likeness (QED) is 0.422. The van der Waals surface area contributed by atoms with Crippen LogP contribution in [0.1, 0.15) is 104 Å². The highest BCUT2D eigenvalue weighted by Gasteiger charge is 2.46. The van der Waals surface area contributed by atoms with Crippen molar-refractivity contribution in [1.82, 2.24) is 0 Å². The molecule has 0 fully saturated rings. The summed E-state index contributed by atoms with van der Waals surface area (Å²) in [5.41, 5.74) is 3.52. The van der Waals surface area contributed by atoms with Crippen LogP contribution in [0.4, 0.5) is 0 Å². The normalized spacial score (nSPS) is 23.9. The van der Waals surface area contributed by atoms with Crippen molar-refractivity contribution in [2.75, 3.05) is 0 Å². The van der Waals surface area contributed by atoms with Gasteiger partial charge in [0.2, 0.25) is 0 Å². The van der Waals surface area contributed by atoms with Gasteiger partial charge in [-0.05, 0) is 63.1 Å². The third-order valence-corrected chi connectivity index (χ3v) is 6.94. The van der Waals surface area contributed by atoms with Gasteiger partial charge in [0, 0.05) is 17.4 Å². The molecule has 3 rings (SSSR count). The van der Waals surface area contributed by atoms with E-state index >= 15 is 0 Å². The molecule has 0 radical (unpaired) electrons. The average Bonchev–Trinajstić information content (AvgIpc) is 2.57. The van der Waals surface area contributed by atoms with Gasteiger partial charge < -0.3 is 9.84 Å². The Morgan fingerprint density at radius 3 is 2.63 bits per heavy atom. The highest BCUT2D eigenvalue weighted by molar-refractivity contribution is 5.54. The lowest BCUT2D eigenvalue weighted by molar-refractivity contribution is 0.00741. The van der Waals surface area contributed by atoms with Gasteiger partial charge in [0.1, 0.15) is 17.1 Å². The van der Waals surface area contributed by atoms with Crippen LogP contribution in [0.2, 0.25) is 0 Å². The summed E-state index contributed by atoms with van der Waals surface area (Å²) in [6.07, 6.45) is 10.6. The monoisotopic (exact) mass is 370 g/mol. The van der Waals surface area contributed by atoms with E-state index in [4.69, 9.17) is 4.74 Å². The maximum atomic E-state index is 11.0. The first-order valence-corrected chi connectivity index (χ1v) is 10.9. The largest absolute Gasteiger partial charge is 0.508 e. The Balaban J connectivity index is 1.93. The molecule has 0 saturated carbocycles. The highest BCUT2D eigenvalue weighted by Crippen LogP contribution is 2.54. The molecule has 1 N–H and O–H groups in total. The minimum atomic E-state index is -0.203. The zero-order valence-corrected chi connectivity index (χ0v) is 18.2. The number of hydrogen-bond acceptors (Lipinski definition) is 2. The zero-order valence-electron chi connectivity index (χ0n) is 18.2. The molecule has 0 unspecified atom stereocenters. The molecule has 0 bridgehead atoms. The second-order valence-corrected chi connectivity index (χ2v) is 10.0. The SMILES string of the molecule is CCCCCCC(C)(C)c1cc(O)c2c(c1)OC(C)(C)[C@H]1CC=C(C)C[C@@H]21. The summed E-state index contributed by atoms with van der Waals surface area (Å²) in [6, 6.07) is 4.24. The van der Waals surface area contributed by atoms with E-state index in [1.165, 1.54) is 36.8 Å². The lowest BCUT2D eigenvalue weighted by Gasteiger charge is -2.47. The molecule has 1 aromatic carbocycles. The van der Waals surface area contributed by atoms with E-state index in [1.54, 1.807) is 0 Å². The van der Waals surface area contributed by atoms with E-state index in [1.807, 2.05) is 6.07 Å². The Kier molecular flexibility index (Phi) is 5.66. The summed E-state index contributed by atoms with van der Waals surface area (Å²) in [5.74, 6) is 2.12. The van der Waals surface area contributed by atoms with Crippen molar-refractivity contribution in [2.45, 2.75) is 103 Å². The Bertz CT molecular complexity index is 711. The van der Waals surface area contributed by atoms with E-state index in [2.05, 4.69) is 53.7 Å². The summed E-state index contributed by atoms with van der Waals surface area (Å²) in [5, 5.41) is 11.0. The molecule has 2 aliphatic rings. The summed E-state index contributed by atoms with van der Waals surface area (Å²) < 4.78 is 6.49. The highest BCUT2D eigenvalue weighted by atomic mass is 16.5. The number of unbranched alkanes of at least 4 members (excludes halogenated alkanes) is 3. The van der Waals surface area contributed by atoms with E-state index in [-0.39, 0.29) is 11.0 Å². The first-order valence-electron chi connectivity index (χ1n) is 10.9. The van der Waals surface area contributed by atoms with Crippen LogP contribution in [0, 0.1) is 5.92 Å². The Morgan fingerprint density at radius 1 is 1.19 bits per heavy atom. The van der Waals surface area contributed by atoms with Crippen LogP contribution < -0.4 is 4.74 Å². The van der Waals surface area contributed by atoms with Crippen LogP contribution >= 0.6 is 0 Å². The van der Waals surface area contributed by atoms with Crippen LogP contribution in [0.3, 0.4) is 0 Å². The smallest absolute Gasteiger partial charge is 0.127 e. The van der Waals surface area contributed by atoms with Gasteiger partial charge in [0.25, 0.3) is 0 Å². The number of hydrogen-bond donors (Lipinski definition) is 1. The number of phenols is 1. The first-order chi connectivity index (χ1) is 12.7. The van der Waals surface area contributed by atoms with Crippen molar-refractivity contribution in [3.63, 3.8) is 0 Å². The first kappa shape index (κ1) is 20.3. The molecule has 0 amide bonds. The minimum Gasteiger partial charge on any atom is -0.508 e. The molecule has 0 saturated heterocycles. The lowest BCUT2D eigenvalue weighted by Crippen LogP contribution is -2.45. The zero-order chi connectivity index (χ0) is 19.8. The van der Waals surface area contributed by atoms with Gasteiger partial charge in [0.05, 0.1) is 0 Å². The number of fused-ring (bicyclic) bond motifs is 3. The summed E-state index contributed by atoms with van der Waals surface area (Å²) in [7, 11) is 0. The number of phenolic OH excluding ortho intramolecular Hbond substituents is 1. The number of benzene rings is 1. The van der Waals surface area contributed by atoms with Crippen LogP contribution in [0.5, 0.6) is 11.5 Å². The number of aromatic hydroxyl groups is 1. The Labute approximate surface area is 166 Å². The Hall–Kier alpha value is -1.44. The third kappa shape index (κ3) is 4.05. The summed E-state index contributed by atoms with van der Waals surface area (Å²) in [4.78, 5) is 0. The van der Waals surface area contributed by atoms with Gasteiger partial charge in [-0.1, -0.05) is 58.1 Å². The molecule has 1 aromatic rings. The molecule has 2 heteroatoms. The van der Waals surface area contributed by atoms with Gasteiger partial charge in [0.15, 0.2) is 0 Å². The van der Waals surface area contributed by atoms with Crippen molar-refractivity contribution in [3.05, 3.63) is 34.9 Å². The van der Waals surface area contributed by atoms with E-state index < -0.39 is 0 Å². The summed E-state index contributed by atoms with van der Waals surface area (Å²) >= 11 is 0. The second kappa shape index (κ2) is 7.53. The number of allylic oxidation sites excluding steroid dienone is 2. The van der Waals surface area contributed by atoms with Crippen LogP contribution in [-0.2, 0) is 5.41 Å². The second-order valence-electron chi connectivity index (χ2n) is 10.0. The van der Waals surface area contributed by atoms with Crippen LogP contribution in [-0.4, -0.2) is 10.7 Å². The fourth-order valence-electron chi connectivity index (χ4n) is 5.09. The maximum Gasteiger partial charge on any atom is 0.127 e. The molecule has 2 atom stereocenters. The van der Waals surface area contributed by atoms with Crippen LogP contribution in [0.15, 0.2) is 23.8 Å². The average molecular weight is 371 g/mol. The van der Waals surface area contributed by atoms with Gasteiger partial charge in [-0.3, -0.25) is 0 Å². The van der Waals surface area contributed by atoms with Crippen molar-refractivity contribution in [1.29, 1.82) is 0 Å².